The van der Waals surface area contributed by atoms with Crippen molar-refractivity contribution >= 4 is 16.7 Å². The summed E-state index contributed by atoms with van der Waals surface area (Å²) in [5.74, 6) is -0.451. The highest BCUT2D eigenvalue weighted by Crippen LogP contribution is 2.32. The second kappa shape index (κ2) is 5.40. The molecule has 4 nitrogen and oxygen atoms in total. The van der Waals surface area contributed by atoms with E-state index in [1.165, 1.54) is 0 Å². The molecule has 1 aliphatic rings. The fourth-order valence-electron chi connectivity index (χ4n) is 2.11. The Morgan fingerprint density at radius 3 is 2.50 bits per heavy atom. The lowest BCUT2D eigenvalue weighted by Gasteiger charge is -2.31. The monoisotopic (exact) mass is 280 g/mol. The van der Waals surface area contributed by atoms with Crippen LogP contribution in [0.3, 0.4) is 0 Å². The summed E-state index contributed by atoms with van der Waals surface area (Å²) in [6.45, 7) is 2.13. The number of anilines is 1. The first kappa shape index (κ1) is 13.5. The minimum absolute atomic E-state index is 0.369. The molecule has 0 radical (unpaired) electrons. The SMILES string of the molecule is NCCC1CCN(c2nc(C(F)(F)F)ns2)CC1. The molecule has 2 heterocycles. The number of rotatable bonds is 3. The molecular formula is C10H15F3N4S. The molecule has 0 saturated carbocycles. The summed E-state index contributed by atoms with van der Waals surface area (Å²) in [6, 6.07) is 0. The number of nitrogens with zero attached hydrogens (tertiary/aromatic N) is 3. The molecule has 2 rings (SSSR count). The van der Waals surface area contributed by atoms with Gasteiger partial charge in [-0.1, -0.05) is 0 Å². The van der Waals surface area contributed by atoms with Gasteiger partial charge in [-0.3, -0.25) is 0 Å². The highest BCUT2D eigenvalue weighted by Gasteiger charge is 2.36. The van der Waals surface area contributed by atoms with E-state index in [0.717, 1.165) is 43.9 Å². The van der Waals surface area contributed by atoms with Gasteiger partial charge >= 0.3 is 6.18 Å². The predicted octanol–water partition coefficient (Wildman–Crippen LogP) is 2.12. The summed E-state index contributed by atoms with van der Waals surface area (Å²) in [5, 5.41) is 0.369. The molecule has 0 bridgehead atoms. The third-order valence-electron chi connectivity index (χ3n) is 3.13. The first-order chi connectivity index (χ1) is 8.50. The minimum Gasteiger partial charge on any atom is -0.347 e. The van der Waals surface area contributed by atoms with Crippen LogP contribution in [0, 0.1) is 5.92 Å². The van der Waals surface area contributed by atoms with Gasteiger partial charge in [0.05, 0.1) is 0 Å². The van der Waals surface area contributed by atoms with Crippen molar-refractivity contribution in [2.45, 2.75) is 25.4 Å². The summed E-state index contributed by atoms with van der Waals surface area (Å²) in [7, 11) is 0. The zero-order valence-corrected chi connectivity index (χ0v) is 10.6. The zero-order valence-electron chi connectivity index (χ0n) is 9.78. The van der Waals surface area contributed by atoms with Crippen molar-refractivity contribution in [2.75, 3.05) is 24.5 Å². The molecule has 1 saturated heterocycles. The first-order valence-corrected chi connectivity index (χ1v) is 6.64. The van der Waals surface area contributed by atoms with E-state index in [1.54, 1.807) is 0 Å². The van der Waals surface area contributed by atoms with Crippen LogP contribution in [-0.2, 0) is 6.18 Å². The summed E-state index contributed by atoms with van der Waals surface area (Å²) < 4.78 is 40.5. The number of halogens is 3. The Morgan fingerprint density at radius 1 is 1.33 bits per heavy atom. The van der Waals surface area contributed by atoms with Crippen LogP contribution in [-0.4, -0.2) is 29.0 Å². The highest BCUT2D eigenvalue weighted by atomic mass is 32.1. The van der Waals surface area contributed by atoms with Crippen LogP contribution in [0.5, 0.6) is 0 Å². The molecule has 1 aliphatic heterocycles. The molecule has 0 atom stereocenters. The van der Waals surface area contributed by atoms with Crippen molar-refractivity contribution < 1.29 is 13.2 Å². The standard InChI is InChI=1S/C10H15F3N4S/c11-10(12,13)8-15-9(18-16-8)17-5-2-7(1-4-14)3-6-17/h7H,1-6,14H2. The van der Waals surface area contributed by atoms with Crippen LogP contribution in [0.25, 0.3) is 0 Å². The van der Waals surface area contributed by atoms with Crippen molar-refractivity contribution in [3.8, 4) is 0 Å². The largest absolute Gasteiger partial charge is 0.452 e. The molecule has 8 heteroatoms. The van der Waals surface area contributed by atoms with Crippen LogP contribution < -0.4 is 10.6 Å². The predicted molar refractivity (Wildman–Crippen MR) is 63.5 cm³/mol. The van der Waals surface area contributed by atoms with Gasteiger partial charge in [0, 0.05) is 24.6 Å². The van der Waals surface area contributed by atoms with Gasteiger partial charge in [0.15, 0.2) is 0 Å². The Kier molecular flexibility index (Phi) is 4.06. The van der Waals surface area contributed by atoms with Gasteiger partial charge in [0.1, 0.15) is 0 Å². The summed E-state index contributed by atoms with van der Waals surface area (Å²) in [4.78, 5) is 5.43. The van der Waals surface area contributed by atoms with Gasteiger partial charge in [-0.15, -0.1) is 0 Å². The van der Waals surface area contributed by atoms with Crippen molar-refractivity contribution in [3.05, 3.63) is 5.82 Å². The average Bonchev–Trinajstić information content (AvgIpc) is 2.79. The number of alkyl halides is 3. The van der Waals surface area contributed by atoms with Crippen molar-refractivity contribution in [3.63, 3.8) is 0 Å². The summed E-state index contributed by atoms with van der Waals surface area (Å²) >= 11 is 0.818. The quantitative estimate of drug-likeness (QED) is 0.921. The second-order valence-electron chi connectivity index (χ2n) is 4.41. The summed E-state index contributed by atoms with van der Waals surface area (Å²) in [6.07, 6.45) is -1.55. The maximum atomic E-state index is 12.4. The summed E-state index contributed by atoms with van der Waals surface area (Å²) in [5.41, 5.74) is 5.50. The van der Waals surface area contributed by atoms with Gasteiger partial charge in [0.25, 0.3) is 0 Å². The maximum absolute atomic E-state index is 12.4. The topological polar surface area (TPSA) is 55.0 Å². The zero-order chi connectivity index (χ0) is 13.2. The van der Waals surface area contributed by atoms with E-state index in [-0.39, 0.29) is 0 Å². The third kappa shape index (κ3) is 3.11. The van der Waals surface area contributed by atoms with E-state index in [9.17, 15) is 13.2 Å². The Bertz CT molecular complexity index is 385. The molecule has 1 aromatic heterocycles. The Labute approximate surface area is 107 Å². The van der Waals surface area contributed by atoms with Crippen LogP contribution in [0.2, 0.25) is 0 Å². The van der Waals surface area contributed by atoms with Gasteiger partial charge in [-0.25, -0.2) is 0 Å². The van der Waals surface area contributed by atoms with Gasteiger partial charge in [0.2, 0.25) is 11.0 Å². The Morgan fingerprint density at radius 2 is 2.00 bits per heavy atom. The lowest BCUT2D eigenvalue weighted by molar-refractivity contribution is -0.144. The fourth-order valence-corrected chi connectivity index (χ4v) is 2.85. The van der Waals surface area contributed by atoms with E-state index in [1.807, 2.05) is 4.90 Å². The second-order valence-corrected chi connectivity index (χ2v) is 5.14. The van der Waals surface area contributed by atoms with Crippen LogP contribution in [0.4, 0.5) is 18.3 Å². The Balaban J connectivity index is 1.95. The molecule has 0 aliphatic carbocycles. The molecule has 0 aromatic carbocycles. The van der Waals surface area contributed by atoms with Crippen molar-refractivity contribution in [1.29, 1.82) is 0 Å². The maximum Gasteiger partial charge on any atom is 0.452 e. The van der Waals surface area contributed by atoms with Gasteiger partial charge < -0.3 is 10.6 Å². The highest BCUT2D eigenvalue weighted by molar-refractivity contribution is 7.09. The molecule has 0 unspecified atom stereocenters. The molecule has 1 aromatic rings. The molecule has 2 N–H and O–H groups in total. The number of hydrogen-bond acceptors (Lipinski definition) is 5. The molecule has 18 heavy (non-hydrogen) atoms. The molecular weight excluding hydrogens is 265 g/mol. The number of piperidine rings is 1. The van der Waals surface area contributed by atoms with Gasteiger partial charge in [-0.2, -0.15) is 22.5 Å². The lowest BCUT2D eigenvalue weighted by Crippen LogP contribution is -2.34. The minimum atomic E-state index is -4.45. The van der Waals surface area contributed by atoms with E-state index in [0.29, 0.717) is 17.6 Å². The number of hydrogen-bond donors (Lipinski definition) is 1. The average molecular weight is 280 g/mol. The number of aromatic nitrogens is 2. The van der Waals surface area contributed by atoms with E-state index in [4.69, 9.17) is 5.73 Å². The fraction of sp³-hybridized carbons (Fsp3) is 0.800. The lowest BCUT2D eigenvalue weighted by atomic mass is 9.94. The van der Waals surface area contributed by atoms with Crippen LogP contribution in [0.15, 0.2) is 0 Å². The molecule has 1 fully saturated rings. The van der Waals surface area contributed by atoms with Gasteiger partial charge in [-0.05, 0) is 31.7 Å². The Hall–Kier alpha value is -0.890. The number of nitrogens with two attached hydrogens (primary N) is 1. The third-order valence-corrected chi connectivity index (χ3v) is 3.91. The van der Waals surface area contributed by atoms with Crippen molar-refractivity contribution in [2.24, 2.45) is 11.7 Å². The molecule has 0 spiro atoms. The normalized spacial score (nSPS) is 18.3. The van der Waals surface area contributed by atoms with E-state index < -0.39 is 12.0 Å². The molecule has 102 valence electrons. The van der Waals surface area contributed by atoms with Crippen molar-refractivity contribution in [1.82, 2.24) is 9.36 Å². The molecule has 0 amide bonds. The smallest absolute Gasteiger partial charge is 0.347 e. The van der Waals surface area contributed by atoms with E-state index >= 15 is 0 Å². The first-order valence-electron chi connectivity index (χ1n) is 5.86. The van der Waals surface area contributed by atoms with Crippen LogP contribution in [0.1, 0.15) is 25.1 Å². The van der Waals surface area contributed by atoms with Crippen LogP contribution >= 0.6 is 11.5 Å². The van der Waals surface area contributed by atoms with E-state index in [2.05, 4.69) is 9.36 Å².